The van der Waals surface area contributed by atoms with Gasteiger partial charge in [0.05, 0.1) is 6.54 Å². The van der Waals surface area contributed by atoms with Crippen LogP contribution in [-0.4, -0.2) is 14.8 Å². The van der Waals surface area contributed by atoms with Gasteiger partial charge in [-0.2, -0.15) is 0 Å². The van der Waals surface area contributed by atoms with E-state index in [1.165, 1.54) is 6.42 Å². The molecule has 0 fully saturated rings. The van der Waals surface area contributed by atoms with Gasteiger partial charge in [-0.25, -0.2) is 0 Å². The second-order valence-electron chi connectivity index (χ2n) is 4.15. The summed E-state index contributed by atoms with van der Waals surface area (Å²) in [7, 11) is 0. The SMILES string of the molecule is Clc1ccc(NCc2nnc3n2CCC3)cc1. The minimum atomic E-state index is 0.703. The summed E-state index contributed by atoms with van der Waals surface area (Å²) in [5.74, 6) is 2.12. The van der Waals surface area contributed by atoms with Crippen LogP contribution in [0.1, 0.15) is 18.1 Å². The molecule has 0 saturated heterocycles. The number of nitrogens with one attached hydrogen (secondary N) is 1. The number of fused-ring (bicyclic) bond motifs is 1. The Hall–Kier alpha value is -1.55. The number of hydrogen-bond acceptors (Lipinski definition) is 3. The number of halogens is 1. The lowest BCUT2D eigenvalue weighted by atomic mass is 10.3. The van der Waals surface area contributed by atoms with Crippen LogP contribution in [0.25, 0.3) is 0 Å². The normalized spacial score (nSPS) is 13.7. The van der Waals surface area contributed by atoms with E-state index < -0.39 is 0 Å². The summed E-state index contributed by atoms with van der Waals surface area (Å²) in [5, 5.41) is 12.4. The van der Waals surface area contributed by atoms with Crippen molar-refractivity contribution < 1.29 is 0 Å². The third-order valence-corrected chi connectivity index (χ3v) is 3.23. The van der Waals surface area contributed by atoms with Gasteiger partial charge in [-0.1, -0.05) is 11.6 Å². The highest BCUT2D eigenvalue weighted by molar-refractivity contribution is 6.30. The Morgan fingerprint density at radius 3 is 2.88 bits per heavy atom. The third kappa shape index (κ3) is 2.13. The van der Waals surface area contributed by atoms with Gasteiger partial charge in [0, 0.05) is 23.7 Å². The molecule has 88 valence electrons. The Bertz CT molecular complexity index is 518. The monoisotopic (exact) mass is 248 g/mol. The molecular formula is C12H13ClN4. The van der Waals surface area contributed by atoms with Crippen molar-refractivity contribution in [1.29, 1.82) is 0 Å². The zero-order valence-corrected chi connectivity index (χ0v) is 10.1. The summed E-state index contributed by atoms with van der Waals surface area (Å²) in [6, 6.07) is 7.67. The zero-order chi connectivity index (χ0) is 11.7. The number of anilines is 1. The highest BCUT2D eigenvalue weighted by Gasteiger charge is 2.16. The first-order valence-corrected chi connectivity index (χ1v) is 6.11. The van der Waals surface area contributed by atoms with Crippen molar-refractivity contribution in [2.24, 2.45) is 0 Å². The van der Waals surface area contributed by atoms with Crippen molar-refractivity contribution in [3.8, 4) is 0 Å². The van der Waals surface area contributed by atoms with Crippen molar-refractivity contribution in [2.75, 3.05) is 5.32 Å². The lowest BCUT2D eigenvalue weighted by Crippen LogP contribution is -2.07. The molecule has 0 radical (unpaired) electrons. The van der Waals surface area contributed by atoms with E-state index in [2.05, 4.69) is 20.1 Å². The Morgan fingerprint density at radius 1 is 1.24 bits per heavy atom. The molecule has 1 aliphatic heterocycles. The molecule has 4 nitrogen and oxygen atoms in total. The van der Waals surface area contributed by atoms with E-state index in [1.54, 1.807) is 0 Å². The van der Waals surface area contributed by atoms with Crippen molar-refractivity contribution in [2.45, 2.75) is 25.9 Å². The van der Waals surface area contributed by atoms with E-state index in [4.69, 9.17) is 11.6 Å². The molecule has 2 heterocycles. The largest absolute Gasteiger partial charge is 0.378 e. The summed E-state index contributed by atoms with van der Waals surface area (Å²) in [6.45, 7) is 1.74. The lowest BCUT2D eigenvalue weighted by molar-refractivity contribution is 0.696. The molecule has 0 amide bonds. The smallest absolute Gasteiger partial charge is 0.152 e. The van der Waals surface area contributed by atoms with Crippen LogP contribution in [0.2, 0.25) is 5.02 Å². The molecule has 17 heavy (non-hydrogen) atoms. The van der Waals surface area contributed by atoms with Crippen LogP contribution in [0.3, 0.4) is 0 Å². The van der Waals surface area contributed by atoms with Gasteiger partial charge in [-0.15, -0.1) is 10.2 Å². The molecule has 5 heteroatoms. The molecule has 1 N–H and O–H groups in total. The molecule has 0 atom stereocenters. The van der Waals surface area contributed by atoms with Gasteiger partial charge in [0.2, 0.25) is 0 Å². The second kappa shape index (κ2) is 4.37. The summed E-state index contributed by atoms with van der Waals surface area (Å²) >= 11 is 5.83. The van der Waals surface area contributed by atoms with Gasteiger partial charge in [0.15, 0.2) is 5.82 Å². The van der Waals surface area contributed by atoms with Crippen LogP contribution in [0.5, 0.6) is 0 Å². The van der Waals surface area contributed by atoms with E-state index in [0.717, 1.165) is 35.3 Å². The van der Waals surface area contributed by atoms with Gasteiger partial charge >= 0.3 is 0 Å². The molecule has 2 aromatic rings. The summed E-state index contributed by atoms with van der Waals surface area (Å²) < 4.78 is 2.20. The van der Waals surface area contributed by atoms with Crippen LogP contribution >= 0.6 is 11.6 Å². The van der Waals surface area contributed by atoms with Crippen molar-refractivity contribution in [3.05, 3.63) is 40.9 Å². The van der Waals surface area contributed by atoms with Gasteiger partial charge < -0.3 is 9.88 Å². The third-order valence-electron chi connectivity index (χ3n) is 2.98. The average molecular weight is 249 g/mol. The first kappa shape index (κ1) is 10.6. The van der Waals surface area contributed by atoms with Gasteiger partial charge in [-0.05, 0) is 30.7 Å². The van der Waals surface area contributed by atoms with E-state index in [-0.39, 0.29) is 0 Å². The molecule has 1 aromatic carbocycles. The summed E-state index contributed by atoms with van der Waals surface area (Å²) in [6.07, 6.45) is 2.23. The molecular weight excluding hydrogens is 236 g/mol. The van der Waals surface area contributed by atoms with E-state index in [1.807, 2.05) is 24.3 Å². The van der Waals surface area contributed by atoms with Crippen LogP contribution in [0, 0.1) is 0 Å². The number of aromatic nitrogens is 3. The van der Waals surface area contributed by atoms with E-state index in [9.17, 15) is 0 Å². The van der Waals surface area contributed by atoms with Crippen LogP contribution in [0.15, 0.2) is 24.3 Å². The average Bonchev–Trinajstić information content (AvgIpc) is 2.91. The summed E-state index contributed by atoms with van der Waals surface area (Å²) in [5.41, 5.74) is 1.05. The zero-order valence-electron chi connectivity index (χ0n) is 9.36. The van der Waals surface area contributed by atoms with Crippen LogP contribution in [0.4, 0.5) is 5.69 Å². The fraction of sp³-hybridized carbons (Fsp3) is 0.333. The number of benzene rings is 1. The van der Waals surface area contributed by atoms with Gasteiger partial charge in [-0.3, -0.25) is 0 Å². The maximum atomic E-state index is 5.83. The van der Waals surface area contributed by atoms with Gasteiger partial charge in [0.1, 0.15) is 5.82 Å². The maximum Gasteiger partial charge on any atom is 0.152 e. The fourth-order valence-electron chi connectivity index (χ4n) is 2.09. The molecule has 1 aromatic heterocycles. The first-order valence-electron chi connectivity index (χ1n) is 5.73. The van der Waals surface area contributed by atoms with E-state index in [0.29, 0.717) is 6.54 Å². The first-order chi connectivity index (χ1) is 8.33. The maximum absolute atomic E-state index is 5.83. The predicted molar refractivity (Wildman–Crippen MR) is 67.1 cm³/mol. The highest BCUT2D eigenvalue weighted by atomic mass is 35.5. The van der Waals surface area contributed by atoms with Gasteiger partial charge in [0.25, 0.3) is 0 Å². The topological polar surface area (TPSA) is 42.7 Å². The molecule has 0 aliphatic carbocycles. The van der Waals surface area contributed by atoms with Crippen molar-refractivity contribution in [3.63, 3.8) is 0 Å². The van der Waals surface area contributed by atoms with Crippen LogP contribution < -0.4 is 5.32 Å². The molecule has 1 aliphatic rings. The Labute approximate surface area is 105 Å². The lowest BCUT2D eigenvalue weighted by Gasteiger charge is -2.06. The van der Waals surface area contributed by atoms with E-state index >= 15 is 0 Å². The molecule has 3 rings (SSSR count). The highest BCUT2D eigenvalue weighted by Crippen LogP contribution is 2.17. The quantitative estimate of drug-likeness (QED) is 0.908. The van der Waals surface area contributed by atoms with Crippen molar-refractivity contribution >= 4 is 17.3 Å². The van der Waals surface area contributed by atoms with Crippen molar-refractivity contribution in [1.82, 2.24) is 14.8 Å². The second-order valence-corrected chi connectivity index (χ2v) is 4.58. The molecule has 0 bridgehead atoms. The number of nitrogens with zero attached hydrogens (tertiary/aromatic N) is 3. The molecule has 0 saturated carbocycles. The Kier molecular flexibility index (Phi) is 2.73. The summed E-state index contributed by atoms with van der Waals surface area (Å²) in [4.78, 5) is 0. The van der Waals surface area contributed by atoms with Crippen LogP contribution in [-0.2, 0) is 19.5 Å². The minimum absolute atomic E-state index is 0.703. The Morgan fingerprint density at radius 2 is 2.06 bits per heavy atom. The molecule has 0 spiro atoms. The fourth-order valence-corrected chi connectivity index (χ4v) is 2.22. The Balaban J connectivity index is 1.69. The number of aryl methyl sites for hydroxylation is 1. The predicted octanol–water partition coefficient (Wildman–Crippen LogP) is 2.49. The number of hydrogen-bond donors (Lipinski definition) is 1. The standard InChI is InChI=1S/C12H13ClN4/c13-9-3-5-10(6-4-9)14-8-12-16-15-11-2-1-7-17(11)12/h3-6,14H,1-2,7-8H2. The minimum Gasteiger partial charge on any atom is -0.378 e. The number of rotatable bonds is 3. The molecule has 0 unspecified atom stereocenters.